The van der Waals surface area contributed by atoms with Crippen LogP contribution in [0.25, 0.3) is 0 Å². The summed E-state index contributed by atoms with van der Waals surface area (Å²) < 4.78 is 26.7. The zero-order valence-electron chi connectivity index (χ0n) is 17.9. The molecule has 1 aliphatic carbocycles. The second-order valence-electron chi connectivity index (χ2n) is 8.12. The van der Waals surface area contributed by atoms with Crippen molar-refractivity contribution < 1.29 is 22.5 Å². The quantitative estimate of drug-likeness (QED) is 0.364. The zero-order chi connectivity index (χ0) is 24.3. The third-order valence-corrected chi connectivity index (χ3v) is 7.44. The summed E-state index contributed by atoms with van der Waals surface area (Å²) in [5.74, 6) is -0.279. The number of hydrogen-bond donors (Lipinski definition) is 3. The number of ketones is 1. The van der Waals surface area contributed by atoms with Gasteiger partial charge in [0.2, 0.25) is 5.78 Å². The normalized spacial score (nSPS) is 20.4. The predicted molar refractivity (Wildman–Crippen MR) is 129 cm³/mol. The third-order valence-electron chi connectivity index (χ3n) is 5.63. The van der Waals surface area contributed by atoms with Gasteiger partial charge < -0.3 is 10.4 Å². The van der Waals surface area contributed by atoms with Crippen LogP contribution in [0.4, 0.5) is 5.82 Å². The van der Waals surface area contributed by atoms with Gasteiger partial charge in [-0.25, -0.2) is 15.1 Å². The van der Waals surface area contributed by atoms with Gasteiger partial charge in [0.1, 0.15) is 12.1 Å². The first-order chi connectivity index (χ1) is 16.2. The SMILES string of the molecule is NS(=O)(=O)OC[C@H]1C[C@@H](Nc2ncncc2C(=O)c2cc(Cc3ccccc3Cl)cs2)C[C@@H]1O. The minimum atomic E-state index is -4.08. The summed E-state index contributed by atoms with van der Waals surface area (Å²) in [6, 6.07) is 9.19. The molecule has 34 heavy (non-hydrogen) atoms. The molecule has 4 rings (SSSR count). The molecule has 3 aromatic rings. The van der Waals surface area contributed by atoms with Crippen molar-refractivity contribution in [3.63, 3.8) is 0 Å². The molecule has 1 fully saturated rings. The maximum atomic E-state index is 13.2. The molecule has 1 aliphatic rings. The highest BCUT2D eigenvalue weighted by atomic mass is 35.5. The van der Waals surface area contributed by atoms with E-state index in [1.54, 1.807) is 0 Å². The first-order valence-corrected chi connectivity index (χ1v) is 13.2. The topological polar surface area (TPSA) is 144 Å². The van der Waals surface area contributed by atoms with Gasteiger partial charge in [-0.15, -0.1) is 11.3 Å². The van der Waals surface area contributed by atoms with E-state index < -0.39 is 22.3 Å². The van der Waals surface area contributed by atoms with E-state index in [2.05, 4.69) is 19.5 Å². The van der Waals surface area contributed by atoms with Crippen molar-refractivity contribution in [2.24, 2.45) is 11.1 Å². The number of anilines is 1. The van der Waals surface area contributed by atoms with E-state index in [9.17, 15) is 18.3 Å². The Morgan fingerprint density at radius 3 is 2.88 bits per heavy atom. The van der Waals surface area contributed by atoms with Gasteiger partial charge in [-0.2, -0.15) is 8.42 Å². The smallest absolute Gasteiger partial charge is 0.333 e. The number of carbonyl (C=O) groups excluding carboxylic acids is 1. The number of halogens is 1. The molecule has 180 valence electrons. The molecule has 2 aromatic heterocycles. The van der Waals surface area contributed by atoms with E-state index in [1.165, 1.54) is 23.9 Å². The number of rotatable bonds is 9. The number of nitrogens with zero attached hydrogens (tertiary/aromatic N) is 2. The number of aliphatic hydroxyl groups excluding tert-OH is 1. The van der Waals surface area contributed by atoms with Crippen molar-refractivity contribution in [1.82, 2.24) is 9.97 Å². The van der Waals surface area contributed by atoms with Gasteiger partial charge in [0.05, 0.1) is 23.2 Å². The Labute approximate surface area is 206 Å². The zero-order valence-corrected chi connectivity index (χ0v) is 20.3. The summed E-state index contributed by atoms with van der Waals surface area (Å²) in [4.78, 5) is 22.0. The Morgan fingerprint density at radius 2 is 2.12 bits per heavy atom. The number of nitrogens with one attached hydrogen (secondary N) is 1. The van der Waals surface area contributed by atoms with Crippen LogP contribution in [0.1, 0.15) is 39.2 Å². The van der Waals surface area contributed by atoms with E-state index in [4.69, 9.17) is 16.7 Å². The monoisotopic (exact) mass is 522 g/mol. The average Bonchev–Trinajstić information content (AvgIpc) is 3.39. The number of nitrogens with two attached hydrogens (primary N) is 1. The number of thiophene rings is 1. The summed E-state index contributed by atoms with van der Waals surface area (Å²) in [5.41, 5.74) is 2.27. The van der Waals surface area contributed by atoms with Crippen LogP contribution in [0.5, 0.6) is 0 Å². The molecule has 2 heterocycles. The predicted octanol–water partition coefficient (Wildman–Crippen LogP) is 2.78. The van der Waals surface area contributed by atoms with Crippen molar-refractivity contribution in [3.05, 3.63) is 74.8 Å². The van der Waals surface area contributed by atoms with Crippen molar-refractivity contribution in [2.45, 2.75) is 31.4 Å². The lowest BCUT2D eigenvalue weighted by Gasteiger charge is -2.15. The lowest BCUT2D eigenvalue weighted by molar-refractivity contribution is 0.101. The Balaban J connectivity index is 1.45. The van der Waals surface area contributed by atoms with Crippen LogP contribution in [-0.2, 0) is 20.9 Å². The van der Waals surface area contributed by atoms with Gasteiger partial charge in [-0.3, -0.25) is 8.98 Å². The van der Waals surface area contributed by atoms with Gasteiger partial charge >= 0.3 is 10.3 Å². The Hall–Kier alpha value is -2.41. The molecule has 0 aliphatic heterocycles. The summed E-state index contributed by atoms with van der Waals surface area (Å²) in [6.07, 6.45) is 3.40. The summed E-state index contributed by atoms with van der Waals surface area (Å²) in [7, 11) is -4.08. The third kappa shape index (κ3) is 6.17. The molecular weight excluding hydrogens is 500 g/mol. The largest absolute Gasteiger partial charge is 0.393 e. The fraction of sp³-hybridized carbons (Fsp3) is 0.318. The molecule has 1 saturated carbocycles. The highest BCUT2D eigenvalue weighted by Crippen LogP contribution is 2.31. The first-order valence-electron chi connectivity index (χ1n) is 10.5. The number of hydrogen-bond acceptors (Lipinski definition) is 9. The Morgan fingerprint density at radius 1 is 1.32 bits per heavy atom. The molecule has 0 unspecified atom stereocenters. The van der Waals surface area contributed by atoms with Gasteiger partial charge in [-0.05, 0) is 47.9 Å². The maximum absolute atomic E-state index is 13.2. The first kappa shape index (κ1) is 24.7. The lowest BCUT2D eigenvalue weighted by Crippen LogP contribution is -2.24. The number of aliphatic hydroxyl groups is 1. The van der Waals surface area contributed by atoms with Crippen LogP contribution in [0.2, 0.25) is 5.02 Å². The van der Waals surface area contributed by atoms with Gasteiger partial charge in [0.15, 0.2) is 0 Å². The van der Waals surface area contributed by atoms with Crippen LogP contribution in [-0.4, -0.2) is 48.0 Å². The standard InChI is InChI=1S/C22H23ClN4O5S2/c23-18-4-2-1-3-14(18)5-13-6-20(33-11-13)21(29)17-9-25-12-26-22(17)27-16-7-15(19(28)8-16)10-32-34(24,30)31/h1-4,6,9,11-12,15-16,19,28H,5,7-8,10H2,(H2,24,30,31)(H,25,26,27)/t15-,16-,19+/m1/s1. The fourth-order valence-corrected chi connectivity index (χ4v) is 5.40. The maximum Gasteiger partial charge on any atom is 0.333 e. The number of benzene rings is 1. The minimum Gasteiger partial charge on any atom is -0.393 e. The van der Waals surface area contributed by atoms with Crippen LogP contribution in [0, 0.1) is 5.92 Å². The average molecular weight is 523 g/mol. The van der Waals surface area contributed by atoms with Crippen LogP contribution < -0.4 is 10.5 Å². The summed E-state index contributed by atoms with van der Waals surface area (Å²) >= 11 is 7.59. The van der Waals surface area contributed by atoms with Crippen LogP contribution in [0.3, 0.4) is 0 Å². The van der Waals surface area contributed by atoms with E-state index in [0.29, 0.717) is 40.5 Å². The lowest BCUT2D eigenvalue weighted by atomic mass is 10.1. The molecular formula is C22H23ClN4O5S2. The molecule has 0 spiro atoms. The molecule has 4 N–H and O–H groups in total. The highest BCUT2D eigenvalue weighted by molar-refractivity contribution is 7.84. The second kappa shape index (κ2) is 10.5. The summed E-state index contributed by atoms with van der Waals surface area (Å²) in [5, 5.41) is 20.9. The van der Waals surface area contributed by atoms with E-state index in [-0.39, 0.29) is 18.4 Å². The minimum absolute atomic E-state index is 0.211. The molecule has 12 heteroatoms. The van der Waals surface area contributed by atoms with Crippen molar-refractivity contribution in [1.29, 1.82) is 0 Å². The van der Waals surface area contributed by atoms with E-state index >= 15 is 0 Å². The fourth-order valence-electron chi connectivity index (χ4n) is 3.97. The van der Waals surface area contributed by atoms with Gasteiger partial charge in [0, 0.05) is 23.2 Å². The number of aromatic nitrogens is 2. The van der Waals surface area contributed by atoms with E-state index in [0.717, 1.165) is 11.1 Å². The van der Waals surface area contributed by atoms with E-state index in [1.807, 2.05) is 35.7 Å². The Kier molecular flexibility index (Phi) is 7.60. The van der Waals surface area contributed by atoms with Crippen LogP contribution >= 0.6 is 22.9 Å². The van der Waals surface area contributed by atoms with Crippen molar-refractivity contribution in [2.75, 3.05) is 11.9 Å². The van der Waals surface area contributed by atoms with Crippen molar-refractivity contribution >= 4 is 44.8 Å². The second-order valence-corrected chi connectivity index (χ2v) is 10.7. The molecule has 0 radical (unpaired) electrons. The Bertz CT molecular complexity index is 1280. The highest BCUT2D eigenvalue weighted by Gasteiger charge is 2.34. The van der Waals surface area contributed by atoms with Gasteiger partial charge in [0.25, 0.3) is 0 Å². The molecule has 9 nitrogen and oxygen atoms in total. The van der Waals surface area contributed by atoms with Crippen LogP contribution in [0.15, 0.2) is 48.2 Å². The van der Waals surface area contributed by atoms with Gasteiger partial charge in [-0.1, -0.05) is 29.8 Å². The number of carbonyl (C=O) groups is 1. The molecule has 0 bridgehead atoms. The molecule has 0 amide bonds. The summed E-state index contributed by atoms with van der Waals surface area (Å²) in [6.45, 7) is -0.211. The molecule has 3 atom stereocenters. The van der Waals surface area contributed by atoms with Crippen molar-refractivity contribution in [3.8, 4) is 0 Å². The molecule has 0 saturated heterocycles. The molecule has 1 aromatic carbocycles.